The Labute approximate surface area is 200 Å². The quantitative estimate of drug-likeness (QED) is 0.171. The highest BCUT2D eigenvalue weighted by Gasteiger charge is 2.24. The van der Waals surface area contributed by atoms with Crippen molar-refractivity contribution in [2.45, 2.75) is 13.0 Å². The van der Waals surface area contributed by atoms with Crippen molar-refractivity contribution >= 4 is 46.9 Å². The number of benzene rings is 2. The predicted octanol–water partition coefficient (Wildman–Crippen LogP) is 0.771. The highest BCUT2D eigenvalue weighted by molar-refractivity contribution is 6.34. The van der Waals surface area contributed by atoms with E-state index in [2.05, 4.69) is 21.3 Å². The van der Waals surface area contributed by atoms with Crippen LogP contribution < -0.4 is 27.0 Å². The summed E-state index contributed by atoms with van der Waals surface area (Å²) < 4.78 is 4.70. The van der Waals surface area contributed by atoms with Crippen molar-refractivity contribution in [1.82, 2.24) is 16.0 Å². The number of hydrogen-bond donors (Lipinski definition) is 6. The minimum atomic E-state index is -1.18. The van der Waals surface area contributed by atoms with Crippen LogP contribution >= 0.6 is 11.6 Å². The third-order valence-electron chi connectivity index (χ3n) is 4.56. The fourth-order valence-corrected chi connectivity index (χ4v) is 3.23. The summed E-state index contributed by atoms with van der Waals surface area (Å²) in [5.41, 5.74) is 6.77. The van der Waals surface area contributed by atoms with Crippen LogP contribution in [-0.4, -0.2) is 55.9 Å². The van der Waals surface area contributed by atoms with Crippen LogP contribution in [0.25, 0.3) is 0 Å². The number of halogens is 1. The van der Waals surface area contributed by atoms with Crippen LogP contribution in [0.2, 0.25) is 5.02 Å². The number of nitrogens with one attached hydrogen (secondary N) is 5. The molecule has 1 atom stereocenters. The molecule has 0 aliphatic rings. The minimum absolute atomic E-state index is 0.207. The molecular weight excluding hydrogens is 464 g/mol. The molecule has 0 radical (unpaired) electrons. The molecule has 0 saturated carbocycles. The van der Waals surface area contributed by atoms with Crippen molar-refractivity contribution in [3.63, 3.8) is 0 Å². The van der Waals surface area contributed by atoms with Crippen molar-refractivity contribution in [3.05, 3.63) is 64.2 Å². The van der Waals surface area contributed by atoms with Gasteiger partial charge in [0.25, 0.3) is 11.8 Å². The number of methoxy groups -OCH3 is 1. The molecular formula is C22H25ClN6O5. The molecule has 0 fully saturated rings. The third-order valence-corrected chi connectivity index (χ3v) is 4.87. The van der Waals surface area contributed by atoms with Crippen LogP contribution in [0.5, 0.6) is 0 Å². The average molecular weight is 489 g/mol. The Morgan fingerprint density at radius 2 is 1.79 bits per heavy atom. The van der Waals surface area contributed by atoms with Crippen molar-refractivity contribution in [1.29, 1.82) is 5.41 Å². The number of anilines is 1. The molecule has 0 aliphatic carbocycles. The molecule has 0 spiro atoms. The SMILES string of the molecule is COC(=O)[C@H](CNC(=O)CNC(=O)c1cccc(NC(=N)N)c1)NC(=O)c1c(C)cccc1Cl. The van der Waals surface area contributed by atoms with Gasteiger partial charge in [-0.05, 0) is 36.8 Å². The molecule has 7 N–H and O–H groups in total. The lowest BCUT2D eigenvalue weighted by Gasteiger charge is -2.18. The lowest BCUT2D eigenvalue weighted by Crippen LogP contribution is -2.50. The number of guanidine groups is 1. The maximum atomic E-state index is 12.6. The molecule has 180 valence electrons. The lowest BCUT2D eigenvalue weighted by molar-refractivity contribution is -0.142. The summed E-state index contributed by atoms with van der Waals surface area (Å²) in [5, 5.41) is 17.4. The normalized spacial score (nSPS) is 11.0. The summed E-state index contributed by atoms with van der Waals surface area (Å²) in [6, 6.07) is 9.96. The Balaban J connectivity index is 1.94. The Kier molecular flexibility index (Phi) is 9.38. The average Bonchev–Trinajstić information content (AvgIpc) is 2.79. The van der Waals surface area contributed by atoms with Gasteiger partial charge in [-0.3, -0.25) is 19.8 Å². The molecule has 11 nitrogen and oxygen atoms in total. The molecule has 12 heteroatoms. The van der Waals surface area contributed by atoms with E-state index in [1.807, 2.05) is 0 Å². The molecule has 2 aromatic carbocycles. The Morgan fingerprint density at radius 1 is 1.09 bits per heavy atom. The van der Waals surface area contributed by atoms with Crippen LogP contribution in [0.3, 0.4) is 0 Å². The zero-order valence-electron chi connectivity index (χ0n) is 18.5. The lowest BCUT2D eigenvalue weighted by atomic mass is 10.1. The second-order valence-electron chi connectivity index (χ2n) is 7.09. The Hall–Kier alpha value is -4.12. The van der Waals surface area contributed by atoms with Crippen molar-refractivity contribution in [3.8, 4) is 0 Å². The highest BCUT2D eigenvalue weighted by atomic mass is 35.5. The highest BCUT2D eigenvalue weighted by Crippen LogP contribution is 2.19. The van der Waals surface area contributed by atoms with E-state index in [0.717, 1.165) is 7.11 Å². The molecule has 0 bridgehead atoms. The molecule has 0 aliphatic heterocycles. The van der Waals surface area contributed by atoms with Gasteiger partial charge in [0.15, 0.2) is 5.96 Å². The third kappa shape index (κ3) is 7.48. The number of hydrogen-bond acceptors (Lipinski definition) is 6. The predicted molar refractivity (Wildman–Crippen MR) is 127 cm³/mol. The van der Waals surface area contributed by atoms with E-state index < -0.39 is 29.7 Å². The first-order valence-corrected chi connectivity index (χ1v) is 10.4. The second-order valence-corrected chi connectivity index (χ2v) is 7.49. The van der Waals surface area contributed by atoms with Crippen molar-refractivity contribution in [2.24, 2.45) is 5.73 Å². The van der Waals surface area contributed by atoms with Crippen molar-refractivity contribution in [2.75, 3.05) is 25.5 Å². The van der Waals surface area contributed by atoms with Gasteiger partial charge in [-0.2, -0.15) is 0 Å². The van der Waals surface area contributed by atoms with E-state index in [-0.39, 0.29) is 35.2 Å². The summed E-state index contributed by atoms with van der Waals surface area (Å²) >= 11 is 6.10. The first kappa shape index (κ1) is 26.1. The summed E-state index contributed by atoms with van der Waals surface area (Å²) in [5.74, 6) is -2.77. The second kappa shape index (κ2) is 12.2. The topological polar surface area (TPSA) is 176 Å². The number of amides is 3. The van der Waals surface area contributed by atoms with Gasteiger partial charge >= 0.3 is 5.97 Å². The van der Waals surface area contributed by atoms with E-state index in [9.17, 15) is 19.2 Å². The van der Waals surface area contributed by atoms with Crippen LogP contribution in [0.15, 0.2) is 42.5 Å². The summed E-state index contributed by atoms with van der Waals surface area (Å²) in [6.45, 7) is 1.05. The maximum absolute atomic E-state index is 12.6. The fraction of sp³-hybridized carbons (Fsp3) is 0.227. The zero-order chi connectivity index (χ0) is 25.3. The van der Waals surface area contributed by atoms with E-state index >= 15 is 0 Å². The number of esters is 1. The molecule has 0 heterocycles. The summed E-state index contributed by atoms with van der Waals surface area (Å²) in [7, 11) is 1.15. The first-order chi connectivity index (χ1) is 16.1. The van der Waals surface area contributed by atoms with E-state index in [0.29, 0.717) is 11.3 Å². The smallest absolute Gasteiger partial charge is 0.330 e. The van der Waals surface area contributed by atoms with Gasteiger partial charge in [0.05, 0.1) is 24.2 Å². The van der Waals surface area contributed by atoms with Crippen LogP contribution in [0.1, 0.15) is 26.3 Å². The van der Waals surface area contributed by atoms with Crippen molar-refractivity contribution < 1.29 is 23.9 Å². The monoisotopic (exact) mass is 488 g/mol. The van der Waals surface area contributed by atoms with Gasteiger partial charge in [-0.1, -0.05) is 29.8 Å². The molecule has 2 aromatic rings. The fourth-order valence-electron chi connectivity index (χ4n) is 2.92. The van der Waals surface area contributed by atoms with Crippen LogP contribution in [0, 0.1) is 12.3 Å². The van der Waals surface area contributed by atoms with E-state index in [1.54, 1.807) is 37.3 Å². The number of nitrogens with two attached hydrogens (primary N) is 1. The van der Waals surface area contributed by atoms with E-state index in [1.165, 1.54) is 12.1 Å². The molecule has 0 aromatic heterocycles. The molecule has 3 amide bonds. The standard InChI is InChI=1S/C22H25ClN6O5/c1-12-5-3-8-15(23)18(12)20(32)29-16(21(33)34-2)10-26-17(30)11-27-19(31)13-6-4-7-14(9-13)28-22(24)25/h3-9,16H,10-11H2,1-2H3,(H,26,30)(H,27,31)(H,29,32)(H4,24,25,28)/t16-/m0/s1. The summed E-state index contributed by atoms with van der Waals surface area (Å²) in [4.78, 5) is 49.2. The molecule has 2 rings (SSSR count). The number of ether oxygens (including phenoxy) is 1. The first-order valence-electron chi connectivity index (χ1n) is 10.0. The molecule has 0 saturated heterocycles. The molecule has 34 heavy (non-hydrogen) atoms. The van der Waals surface area contributed by atoms with Gasteiger partial charge in [-0.15, -0.1) is 0 Å². The van der Waals surface area contributed by atoms with E-state index in [4.69, 9.17) is 27.5 Å². The Bertz CT molecular complexity index is 1090. The largest absolute Gasteiger partial charge is 0.467 e. The number of carbonyl (C=O) groups excluding carboxylic acids is 4. The summed E-state index contributed by atoms with van der Waals surface area (Å²) in [6.07, 6.45) is 0. The van der Waals surface area contributed by atoms with Crippen LogP contribution in [0.4, 0.5) is 5.69 Å². The van der Waals surface area contributed by atoms with Gasteiger partial charge in [0, 0.05) is 17.8 Å². The van der Waals surface area contributed by atoms with Gasteiger partial charge in [0.1, 0.15) is 6.04 Å². The zero-order valence-corrected chi connectivity index (χ0v) is 19.3. The number of aryl methyl sites for hydroxylation is 1. The minimum Gasteiger partial charge on any atom is -0.467 e. The number of carbonyl (C=O) groups is 4. The van der Waals surface area contributed by atoms with Crippen LogP contribution in [-0.2, 0) is 14.3 Å². The number of rotatable bonds is 9. The maximum Gasteiger partial charge on any atom is 0.330 e. The van der Waals surface area contributed by atoms with Gasteiger partial charge < -0.3 is 31.7 Å². The Morgan fingerprint density at radius 3 is 2.44 bits per heavy atom. The molecule has 0 unspecified atom stereocenters. The van der Waals surface area contributed by atoms with Gasteiger partial charge in [0.2, 0.25) is 5.91 Å². The van der Waals surface area contributed by atoms with Gasteiger partial charge in [-0.25, -0.2) is 4.79 Å².